The molecule has 82 valence electrons. The van der Waals surface area contributed by atoms with Crippen LogP contribution in [0.1, 0.15) is 17.2 Å². The summed E-state index contributed by atoms with van der Waals surface area (Å²) >= 11 is 5.82. The predicted molar refractivity (Wildman–Crippen MR) is 66.4 cm³/mol. The van der Waals surface area contributed by atoms with Gasteiger partial charge < -0.3 is 10.8 Å². The van der Waals surface area contributed by atoms with Gasteiger partial charge in [-0.2, -0.15) is 0 Å². The molecule has 2 rings (SSSR count). The van der Waals surface area contributed by atoms with Gasteiger partial charge in [0.25, 0.3) is 0 Å². The van der Waals surface area contributed by atoms with E-state index < -0.39 is 6.10 Å². The van der Waals surface area contributed by atoms with Crippen molar-refractivity contribution in [3.8, 4) is 0 Å². The van der Waals surface area contributed by atoms with Crippen LogP contribution in [0.5, 0.6) is 0 Å². The molecule has 1 atom stereocenters. The van der Waals surface area contributed by atoms with Crippen LogP contribution in [0.4, 0.5) is 5.69 Å². The molecule has 2 aromatic rings. The lowest BCUT2D eigenvalue weighted by Gasteiger charge is -2.12. The lowest BCUT2D eigenvalue weighted by molar-refractivity contribution is 0.220. The van der Waals surface area contributed by atoms with Gasteiger partial charge in [0.05, 0.1) is 10.7 Å². The van der Waals surface area contributed by atoms with Crippen molar-refractivity contribution in [3.05, 3.63) is 64.7 Å². The minimum atomic E-state index is -0.666. The van der Waals surface area contributed by atoms with Crippen molar-refractivity contribution in [1.29, 1.82) is 0 Å². The first-order valence-electron chi connectivity index (χ1n) is 4.96. The van der Waals surface area contributed by atoms with Gasteiger partial charge in [0.2, 0.25) is 0 Å². The standard InChI is InChI=1S/C13H12ClNO/c14-11-7-6-10(8-12(11)15)13(16)9-4-2-1-3-5-9/h1-8,13,16H,15H2. The molecule has 0 aliphatic heterocycles. The van der Waals surface area contributed by atoms with E-state index in [9.17, 15) is 5.11 Å². The summed E-state index contributed by atoms with van der Waals surface area (Å²) in [5.41, 5.74) is 7.76. The molecule has 0 radical (unpaired) electrons. The molecule has 0 aliphatic rings. The van der Waals surface area contributed by atoms with E-state index in [4.69, 9.17) is 17.3 Å². The number of aliphatic hydroxyl groups excluding tert-OH is 1. The van der Waals surface area contributed by atoms with Crippen LogP contribution in [0.25, 0.3) is 0 Å². The Bertz CT molecular complexity index is 485. The van der Waals surface area contributed by atoms with Crippen molar-refractivity contribution in [2.75, 3.05) is 5.73 Å². The molecular weight excluding hydrogens is 222 g/mol. The summed E-state index contributed by atoms with van der Waals surface area (Å²) in [5.74, 6) is 0. The number of anilines is 1. The first-order chi connectivity index (χ1) is 7.68. The third-order valence-electron chi connectivity index (χ3n) is 2.45. The van der Waals surface area contributed by atoms with Gasteiger partial charge in [-0.15, -0.1) is 0 Å². The zero-order valence-corrected chi connectivity index (χ0v) is 9.35. The molecule has 1 unspecified atom stereocenters. The van der Waals surface area contributed by atoms with Gasteiger partial charge in [-0.05, 0) is 23.3 Å². The maximum absolute atomic E-state index is 10.1. The average molecular weight is 234 g/mol. The Balaban J connectivity index is 2.34. The van der Waals surface area contributed by atoms with Crippen molar-refractivity contribution >= 4 is 17.3 Å². The molecule has 3 heteroatoms. The van der Waals surface area contributed by atoms with Gasteiger partial charge in [-0.25, -0.2) is 0 Å². The van der Waals surface area contributed by atoms with Crippen LogP contribution in [0, 0.1) is 0 Å². The fraction of sp³-hybridized carbons (Fsp3) is 0.0769. The smallest absolute Gasteiger partial charge is 0.104 e. The van der Waals surface area contributed by atoms with Gasteiger partial charge in [-0.1, -0.05) is 48.0 Å². The molecule has 0 fully saturated rings. The molecule has 0 amide bonds. The molecule has 0 aliphatic carbocycles. The monoisotopic (exact) mass is 233 g/mol. The van der Waals surface area contributed by atoms with Crippen LogP contribution in [-0.2, 0) is 0 Å². The Morgan fingerprint density at radius 1 is 1.00 bits per heavy atom. The SMILES string of the molecule is Nc1cc(C(O)c2ccccc2)ccc1Cl. The van der Waals surface area contributed by atoms with Crippen molar-refractivity contribution in [2.24, 2.45) is 0 Å². The minimum Gasteiger partial charge on any atom is -0.398 e. The van der Waals surface area contributed by atoms with Crippen LogP contribution in [0.15, 0.2) is 48.5 Å². The molecule has 0 saturated heterocycles. The zero-order chi connectivity index (χ0) is 11.5. The van der Waals surface area contributed by atoms with E-state index in [-0.39, 0.29) is 0 Å². The van der Waals surface area contributed by atoms with Gasteiger partial charge >= 0.3 is 0 Å². The first kappa shape index (κ1) is 11.0. The molecule has 0 spiro atoms. The Hall–Kier alpha value is -1.51. The van der Waals surface area contributed by atoms with Crippen LogP contribution in [0.2, 0.25) is 5.02 Å². The molecule has 16 heavy (non-hydrogen) atoms. The maximum atomic E-state index is 10.1. The number of benzene rings is 2. The largest absolute Gasteiger partial charge is 0.398 e. The van der Waals surface area contributed by atoms with Crippen molar-refractivity contribution < 1.29 is 5.11 Å². The molecule has 2 nitrogen and oxygen atoms in total. The average Bonchev–Trinajstić information content (AvgIpc) is 2.33. The molecule has 0 heterocycles. The molecule has 2 aromatic carbocycles. The van der Waals surface area contributed by atoms with Crippen molar-refractivity contribution in [3.63, 3.8) is 0 Å². The number of hydrogen-bond donors (Lipinski definition) is 2. The molecule has 0 bridgehead atoms. The normalized spacial score (nSPS) is 12.4. The molecule has 3 N–H and O–H groups in total. The highest BCUT2D eigenvalue weighted by Gasteiger charge is 2.10. The summed E-state index contributed by atoms with van der Waals surface area (Å²) in [7, 11) is 0. The van der Waals surface area contributed by atoms with E-state index in [1.54, 1.807) is 18.2 Å². The summed E-state index contributed by atoms with van der Waals surface area (Å²) in [4.78, 5) is 0. The Morgan fingerprint density at radius 2 is 1.69 bits per heavy atom. The quantitative estimate of drug-likeness (QED) is 0.784. The minimum absolute atomic E-state index is 0.481. The predicted octanol–water partition coefficient (Wildman–Crippen LogP) is 3.00. The number of halogens is 1. The molecule has 0 saturated carbocycles. The van der Waals surface area contributed by atoms with Gasteiger partial charge in [0.15, 0.2) is 0 Å². The van der Waals surface area contributed by atoms with Gasteiger partial charge in [-0.3, -0.25) is 0 Å². The highest BCUT2D eigenvalue weighted by Crippen LogP contribution is 2.26. The number of aliphatic hydroxyl groups is 1. The lowest BCUT2D eigenvalue weighted by Crippen LogP contribution is -2.00. The van der Waals surface area contributed by atoms with Crippen LogP contribution < -0.4 is 5.73 Å². The summed E-state index contributed by atoms with van der Waals surface area (Å²) in [6, 6.07) is 14.6. The summed E-state index contributed by atoms with van der Waals surface area (Å²) in [5, 5.41) is 10.6. The maximum Gasteiger partial charge on any atom is 0.104 e. The summed E-state index contributed by atoms with van der Waals surface area (Å²) in [6.07, 6.45) is -0.666. The fourth-order valence-corrected chi connectivity index (χ4v) is 1.68. The first-order valence-corrected chi connectivity index (χ1v) is 5.34. The van der Waals surface area contributed by atoms with Crippen LogP contribution in [-0.4, -0.2) is 5.11 Å². The highest BCUT2D eigenvalue weighted by molar-refractivity contribution is 6.33. The number of hydrogen-bond acceptors (Lipinski definition) is 2. The van der Waals surface area contributed by atoms with E-state index in [1.165, 1.54) is 0 Å². The van der Waals surface area contributed by atoms with Crippen molar-refractivity contribution in [1.82, 2.24) is 0 Å². The third kappa shape index (κ3) is 2.18. The Labute approximate surface area is 99.3 Å². The van der Waals surface area contributed by atoms with Crippen molar-refractivity contribution in [2.45, 2.75) is 6.10 Å². The van der Waals surface area contributed by atoms with E-state index >= 15 is 0 Å². The van der Waals surface area contributed by atoms with E-state index in [1.807, 2.05) is 30.3 Å². The highest BCUT2D eigenvalue weighted by atomic mass is 35.5. The lowest BCUT2D eigenvalue weighted by atomic mass is 10.0. The third-order valence-corrected chi connectivity index (χ3v) is 2.80. The topological polar surface area (TPSA) is 46.2 Å². The zero-order valence-electron chi connectivity index (χ0n) is 8.60. The van der Waals surface area contributed by atoms with Crippen LogP contribution in [0.3, 0.4) is 0 Å². The second-order valence-electron chi connectivity index (χ2n) is 3.59. The van der Waals surface area contributed by atoms with Gasteiger partial charge in [0, 0.05) is 0 Å². The van der Waals surface area contributed by atoms with E-state index in [0.29, 0.717) is 10.7 Å². The van der Waals surface area contributed by atoms with Gasteiger partial charge in [0.1, 0.15) is 6.10 Å². The second-order valence-corrected chi connectivity index (χ2v) is 4.00. The molecule has 0 aromatic heterocycles. The fourth-order valence-electron chi connectivity index (χ4n) is 1.56. The number of nitrogen functional groups attached to an aromatic ring is 1. The van der Waals surface area contributed by atoms with Crippen LogP contribution >= 0.6 is 11.6 Å². The Kier molecular flexibility index (Phi) is 3.13. The van der Waals surface area contributed by atoms with E-state index in [2.05, 4.69) is 0 Å². The number of nitrogens with two attached hydrogens (primary N) is 1. The second kappa shape index (κ2) is 4.56. The number of rotatable bonds is 2. The Morgan fingerprint density at radius 3 is 2.31 bits per heavy atom. The molecular formula is C13H12ClNO. The summed E-state index contributed by atoms with van der Waals surface area (Å²) in [6.45, 7) is 0. The summed E-state index contributed by atoms with van der Waals surface area (Å²) < 4.78 is 0. The van der Waals surface area contributed by atoms with E-state index in [0.717, 1.165) is 11.1 Å².